The van der Waals surface area contributed by atoms with E-state index in [1.807, 2.05) is 0 Å². The van der Waals surface area contributed by atoms with Crippen LogP contribution in [0, 0.1) is 0 Å². The van der Waals surface area contributed by atoms with Crippen molar-refractivity contribution in [3.63, 3.8) is 0 Å². The van der Waals surface area contributed by atoms with E-state index in [2.05, 4.69) is 4.36 Å². The quantitative estimate of drug-likeness (QED) is 0.477. The van der Waals surface area contributed by atoms with Gasteiger partial charge in [0.25, 0.3) is 0 Å². The van der Waals surface area contributed by atoms with Gasteiger partial charge in [0.15, 0.2) is 6.29 Å². The number of hydrogen-bond acceptors (Lipinski definition) is 7. The number of nitrogens with zero attached hydrogens (tertiary/aromatic N) is 1. The molecule has 2 aliphatic rings. The van der Waals surface area contributed by atoms with E-state index in [0.29, 0.717) is 12.3 Å². The highest BCUT2D eigenvalue weighted by Crippen LogP contribution is 2.23. The van der Waals surface area contributed by atoms with E-state index in [9.17, 15) is 24.6 Å². The summed E-state index contributed by atoms with van der Waals surface area (Å²) in [5, 5.41) is 37.9. The standard InChI is InChI=1S/C10H19NO6S/c12-7-6(17-10(15)9(14)8(7)13)2-5-18(16)4-1-3-11-18/h6-10,12-15H,1-5H2/t6-,7-,8+,9+,10+,18?/m1/s1. The van der Waals surface area contributed by atoms with Crippen molar-refractivity contribution in [2.24, 2.45) is 4.36 Å². The van der Waals surface area contributed by atoms with Crippen molar-refractivity contribution in [1.82, 2.24) is 0 Å². The summed E-state index contributed by atoms with van der Waals surface area (Å²) in [7, 11) is -2.22. The van der Waals surface area contributed by atoms with Crippen LogP contribution in [0.15, 0.2) is 4.36 Å². The van der Waals surface area contributed by atoms with Gasteiger partial charge in [0.1, 0.15) is 18.3 Å². The highest BCUT2D eigenvalue weighted by molar-refractivity contribution is 7.93. The SMILES string of the molecule is O=S1(CC[C@H]2O[C@H](O)[C@@H](O)[C@@H](O)[C@@H]2O)=NCCC1. The topological polar surface area (TPSA) is 120 Å². The molecule has 0 aromatic carbocycles. The van der Waals surface area contributed by atoms with Crippen molar-refractivity contribution in [3.8, 4) is 0 Å². The molecule has 2 aliphatic heterocycles. The normalized spacial score (nSPS) is 49.0. The van der Waals surface area contributed by atoms with Gasteiger partial charge in [-0.3, -0.25) is 0 Å². The van der Waals surface area contributed by atoms with Crippen LogP contribution in [-0.2, 0) is 14.5 Å². The van der Waals surface area contributed by atoms with Crippen LogP contribution in [0.2, 0.25) is 0 Å². The van der Waals surface area contributed by atoms with Crippen LogP contribution in [0.25, 0.3) is 0 Å². The number of ether oxygens (including phenoxy) is 1. The monoisotopic (exact) mass is 281 g/mol. The Morgan fingerprint density at radius 2 is 1.89 bits per heavy atom. The second kappa shape index (κ2) is 5.40. The molecule has 2 rings (SSSR count). The van der Waals surface area contributed by atoms with E-state index in [1.165, 1.54) is 0 Å². The van der Waals surface area contributed by atoms with Gasteiger partial charge >= 0.3 is 0 Å². The Balaban J connectivity index is 1.95. The molecule has 2 heterocycles. The molecule has 0 saturated carbocycles. The minimum absolute atomic E-state index is 0.227. The fraction of sp³-hybridized carbons (Fsp3) is 1.00. The molecule has 0 amide bonds. The third-order valence-electron chi connectivity index (χ3n) is 3.36. The lowest BCUT2D eigenvalue weighted by molar-refractivity contribution is -0.281. The zero-order valence-corrected chi connectivity index (χ0v) is 10.7. The van der Waals surface area contributed by atoms with E-state index in [0.717, 1.165) is 6.42 Å². The third kappa shape index (κ3) is 2.84. The first kappa shape index (κ1) is 14.2. The van der Waals surface area contributed by atoms with Crippen molar-refractivity contribution >= 4 is 9.73 Å². The predicted molar refractivity (Wildman–Crippen MR) is 63.3 cm³/mol. The summed E-state index contributed by atoms with van der Waals surface area (Å²) in [6, 6.07) is 0. The minimum atomic E-state index is -2.22. The second-order valence-electron chi connectivity index (χ2n) is 4.71. The van der Waals surface area contributed by atoms with Crippen molar-refractivity contribution in [2.75, 3.05) is 18.1 Å². The number of aliphatic hydroxyl groups excluding tert-OH is 4. The van der Waals surface area contributed by atoms with E-state index in [-0.39, 0.29) is 12.2 Å². The summed E-state index contributed by atoms with van der Waals surface area (Å²) >= 11 is 0. The Labute approximate surface area is 106 Å². The molecular weight excluding hydrogens is 262 g/mol. The highest BCUT2D eigenvalue weighted by Gasteiger charge is 2.42. The summed E-state index contributed by atoms with van der Waals surface area (Å²) in [6.45, 7) is 0.594. The van der Waals surface area contributed by atoms with E-state index < -0.39 is 40.4 Å². The van der Waals surface area contributed by atoms with Crippen molar-refractivity contribution in [3.05, 3.63) is 0 Å². The van der Waals surface area contributed by atoms with Crippen LogP contribution >= 0.6 is 0 Å². The smallest absolute Gasteiger partial charge is 0.183 e. The van der Waals surface area contributed by atoms with Gasteiger partial charge in [-0.05, 0) is 12.8 Å². The molecule has 1 unspecified atom stereocenters. The van der Waals surface area contributed by atoms with Gasteiger partial charge in [-0.15, -0.1) is 0 Å². The van der Waals surface area contributed by atoms with Gasteiger partial charge < -0.3 is 25.2 Å². The van der Waals surface area contributed by atoms with Crippen LogP contribution in [0.3, 0.4) is 0 Å². The molecule has 0 aliphatic carbocycles. The fourth-order valence-corrected chi connectivity index (χ4v) is 4.33. The molecule has 0 spiro atoms. The predicted octanol–water partition coefficient (Wildman–Crippen LogP) is -1.95. The van der Waals surface area contributed by atoms with E-state index >= 15 is 0 Å². The van der Waals surface area contributed by atoms with Gasteiger partial charge in [0.05, 0.1) is 6.10 Å². The molecule has 1 fully saturated rings. The average Bonchev–Trinajstić information content (AvgIpc) is 2.77. The summed E-state index contributed by atoms with van der Waals surface area (Å²) in [6.07, 6.45) is -5.63. The highest BCUT2D eigenvalue weighted by atomic mass is 32.2. The molecule has 8 heteroatoms. The van der Waals surface area contributed by atoms with E-state index in [1.54, 1.807) is 0 Å². The first-order valence-corrected chi connectivity index (χ1v) is 7.84. The molecule has 0 aromatic rings. The van der Waals surface area contributed by atoms with Crippen LogP contribution in [0.1, 0.15) is 12.8 Å². The van der Waals surface area contributed by atoms with Gasteiger partial charge in [0, 0.05) is 27.8 Å². The fourth-order valence-electron chi connectivity index (χ4n) is 2.22. The Bertz CT molecular complexity index is 407. The van der Waals surface area contributed by atoms with Crippen LogP contribution in [0.4, 0.5) is 0 Å². The molecule has 1 saturated heterocycles. The Morgan fingerprint density at radius 3 is 2.50 bits per heavy atom. The molecule has 18 heavy (non-hydrogen) atoms. The number of aliphatic hydroxyl groups is 4. The largest absolute Gasteiger partial charge is 0.388 e. The first-order valence-electron chi connectivity index (χ1n) is 5.99. The van der Waals surface area contributed by atoms with Crippen LogP contribution in [0.5, 0.6) is 0 Å². The lowest BCUT2D eigenvalue weighted by Gasteiger charge is -2.38. The van der Waals surface area contributed by atoms with Gasteiger partial charge in [-0.2, -0.15) is 0 Å². The van der Waals surface area contributed by atoms with Crippen LogP contribution < -0.4 is 0 Å². The molecular formula is C10H19NO6S. The van der Waals surface area contributed by atoms with Gasteiger partial charge in [0.2, 0.25) is 0 Å². The molecule has 106 valence electrons. The number of hydrogen-bond donors (Lipinski definition) is 4. The maximum absolute atomic E-state index is 12.1. The Morgan fingerprint density at radius 1 is 1.17 bits per heavy atom. The Hall–Kier alpha value is -0.250. The van der Waals surface area contributed by atoms with Crippen molar-refractivity contribution < 1.29 is 29.4 Å². The molecule has 0 aromatic heterocycles. The van der Waals surface area contributed by atoms with Crippen LogP contribution in [-0.4, -0.2) is 73.4 Å². The van der Waals surface area contributed by atoms with Gasteiger partial charge in [-0.1, -0.05) is 0 Å². The summed E-state index contributed by atoms with van der Waals surface area (Å²) in [5.41, 5.74) is 0. The first-order chi connectivity index (χ1) is 8.43. The van der Waals surface area contributed by atoms with Crippen molar-refractivity contribution in [1.29, 1.82) is 0 Å². The lowest BCUT2D eigenvalue weighted by Crippen LogP contribution is -2.57. The molecule has 6 atom stereocenters. The maximum atomic E-state index is 12.1. The zero-order chi connectivity index (χ0) is 13.3. The van der Waals surface area contributed by atoms with Crippen molar-refractivity contribution in [2.45, 2.75) is 43.5 Å². The zero-order valence-electron chi connectivity index (χ0n) is 9.88. The minimum Gasteiger partial charge on any atom is -0.388 e. The number of rotatable bonds is 3. The maximum Gasteiger partial charge on any atom is 0.183 e. The Kier molecular flexibility index (Phi) is 4.25. The summed E-state index contributed by atoms with van der Waals surface area (Å²) in [4.78, 5) is 0. The van der Waals surface area contributed by atoms with Gasteiger partial charge in [-0.25, -0.2) is 8.57 Å². The molecule has 0 bridgehead atoms. The molecule has 0 radical (unpaired) electrons. The van der Waals surface area contributed by atoms with E-state index in [4.69, 9.17) is 4.74 Å². The summed E-state index contributed by atoms with van der Waals surface area (Å²) in [5.74, 6) is 0.813. The molecule has 4 N–H and O–H groups in total. The third-order valence-corrected chi connectivity index (χ3v) is 5.81. The second-order valence-corrected chi connectivity index (χ2v) is 7.33. The average molecular weight is 281 g/mol. The lowest BCUT2D eigenvalue weighted by atomic mass is 9.97. The summed E-state index contributed by atoms with van der Waals surface area (Å²) < 4.78 is 21.1. The molecule has 7 nitrogen and oxygen atoms in total.